The highest BCUT2D eigenvalue weighted by molar-refractivity contribution is 5.97. The first-order valence-corrected chi connectivity index (χ1v) is 6.23. The van der Waals surface area contributed by atoms with Gasteiger partial charge in [-0.2, -0.15) is 0 Å². The summed E-state index contributed by atoms with van der Waals surface area (Å²) in [5.74, 6) is -0.317. The molecule has 0 unspecified atom stereocenters. The fraction of sp³-hybridized carbons (Fsp3) is 0.133. The van der Waals surface area contributed by atoms with E-state index in [-0.39, 0.29) is 24.6 Å². The van der Waals surface area contributed by atoms with Crippen LogP contribution in [0, 0.1) is 5.82 Å². The van der Waals surface area contributed by atoms with Gasteiger partial charge in [-0.3, -0.25) is 0 Å². The average Bonchev–Trinajstić information content (AvgIpc) is 2.53. The Labute approximate surface area is 121 Å². The second-order valence-corrected chi connectivity index (χ2v) is 4.35. The van der Waals surface area contributed by atoms with E-state index in [0.29, 0.717) is 11.3 Å². The summed E-state index contributed by atoms with van der Waals surface area (Å²) in [4.78, 5) is 0. The lowest BCUT2D eigenvalue weighted by atomic mass is 10.1. The minimum absolute atomic E-state index is 0.0108. The monoisotopic (exact) mass is 290 g/mol. The van der Waals surface area contributed by atoms with Gasteiger partial charge in [-0.15, -0.1) is 0 Å². The number of oxime groups is 1. The van der Waals surface area contributed by atoms with Gasteiger partial charge in [0.1, 0.15) is 18.2 Å². The zero-order chi connectivity index (χ0) is 15.2. The molecule has 21 heavy (non-hydrogen) atoms. The van der Waals surface area contributed by atoms with Crippen molar-refractivity contribution in [2.24, 2.45) is 10.9 Å². The molecule has 0 heterocycles. The van der Waals surface area contributed by atoms with Crippen molar-refractivity contribution in [2.45, 2.75) is 13.2 Å². The van der Waals surface area contributed by atoms with Crippen molar-refractivity contribution in [3.63, 3.8) is 0 Å². The Kier molecular flexibility index (Phi) is 4.73. The Morgan fingerprint density at radius 3 is 2.52 bits per heavy atom. The molecule has 0 spiro atoms. The summed E-state index contributed by atoms with van der Waals surface area (Å²) in [6.45, 7) is -0.0341. The third kappa shape index (κ3) is 3.49. The minimum Gasteiger partial charge on any atom is -0.489 e. The maximum atomic E-state index is 14.1. The molecule has 0 amide bonds. The van der Waals surface area contributed by atoms with E-state index in [0.717, 1.165) is 5.56 Å². The number of ether oxygens (including phenoxy) is 1. The molecule has 0 aliphatic carbocycles. The van der Waals surface area contributed by atoms with Crippen LogP contribution in [0.1, 0.15) is 16.7 Å². The fourth-order valence-electron chi connectivity index (χ4n) is 1.80. The number of halogens is 1. The molecule has 0 atom stereocenters. The number of aliphatic hydroxyl groups is 1. The lowest BCUT2D eigenvalue weighted by molar-refractivity contribution is 0.280. The molecule has 0 fully saturated rings. The van der Waals surface area contributed by atoms with E-state index in [1.165, 1.54) is 6.07 Å². The van der Waals surface area contributed by atoms with Gasteiger partial charge < -0.3 is 20.8 Å². The molecule has 2 aromatic carbocycles. The lowest BCUT2D eigenvalue weighted by Crippen LogP contribution is -2.16. The van der Waals surface area contributed by atoms with E-state index in [1.807, 2.05) is 0 Å². The molecule has 2 aromatic rings. The molecule has 110 valence electrons. The second-order valence-electron chi connectivity index (χ2n) is 4.35. The number of amidine groups is 1. The topological polar surface area (TPSA) is 88.1 Å². The molecule has 0 saturated carbocycles. The summed E-state index contributed by atoms with van der Waals surface area (Å²) in [5.41, 5.74) is 6.48. The summed E-state index contributed by atoms with van der Waals surface area (Å²) in [5, 5.41) is 20.3. The molecule has 0 radical (unpaired) electrons. The smallest absolute Gasteiger partial charge is 0.173 e. The van der Waals surface area contributed by atoms with Gasteiger partial charge in [0.05, 0.1) is 12.2 Å². The first-order valence-electron chi connectivity index (χ1n) is 6.23. The molecule has 6 heteroatoms. The van der Waals surface area contributed by atoms with Crippen molar-refractivity contribution in [3.8, 4) is 5.75 Å². The molecule has 0 aliphatic heterocycles. The Balaban J connectivity index is 2.12. The number of nitrogens with two attached hydrogens (primary N) is 1. The number of benzene rings is 2. The summed E-state index contributed by atoms with van der Waals surface area (Å²) >= 11 is 0. The van der Waals surface area contributed by atoms with Gasteiger partial charge in [-0.1, -0.05) is 29.4 Å². The van der Waals surface area contributed by atoms with Crippen LogP contribution in [0.15, 0.2) is 47.6 Å². The van der Waals surface area contributed by atoms with Crippen LogP contribution in [0.5, 0.6) is 5.75 Å². The highest BCUT2D eigenvalue weighted by Crippen LogP contribution is 2.17. The van der Waals surface area contributed by atoms with Crippen molar-refractivity contribution in [2.75, 3.05) is 0 Å². The van der Waals surface area contributed by atoms with Crippen molar-refractivity contribution in [1.29, 1.82) is 0 Å². The number of aliphatic hydroxyl groups excluding tert-OH is 1. The average molecular weight is 290 g/mol. The van der Waals surface area contributed by atoms with Crippen LogP contribution in [0.25, 0.3) is 0 Å². The standard InChI is InChI=1S/C15H15FN2O3/c16-14-11(2-1-3-13(14)15(17)18-20)9-21-12-6-4-10(8-19)5-7-12/h1-7,19-20H,8-9H2,(H2,17,18). The summed E-state index contributed by atoms with van der Waals surface area (Å²) in [6, 6.07) is 11.4. The van der Waals surface area contributed by atoms with Gasteiger partial charge in [0.2, 0.25) is 0 Å². The molecule has 2 rings (SSSR count). The van der Waals surface area contributed by atoms with Gasteiger partial charge in [0.15, 0.2) is 5.84 Å². The van der Waals surface area contributed by atoms with E-state index in [4.69, 9.17) is 20.8 Å². The largest absolute Gasteiger partial charge is 0.489 e. The zero-order valence-corrected chi connectivity index (χ0v) is 11.2. The predicted octanol–water partition coefficient (Wildman–Crippen LogP) is 1.99. The van der Waals surface area contributed by atoms with E-state index in [1.54, 1.807) is 36.4 Å². The Bertz CT molecular complexity index is 642. The van der Waals surface area contributed by atoms with E-state index < -0.39 is 5.82 Å². The zero-order valence-electron chi connectivity index (χ0n) is 11.2. The highest BCUT2D eigenvalue weighted by atomic mass is 19.1. The number of hydrogen-bond acceptors (Lipinski definition) is 4. The van der Waals surface area contributed by atoms with Gasteiger partial charge in [0, 0.05) is 5.56 Å². The molecule has 4 N–H and O–H groups in total. The molecular formula is C15H15FN2O3. The van der Waals surface area contributed by atoms with Crippen LogP contribution < -0.4 is 10.5 Å². The van der Waals surface area contributed by atoms with Gasteiger partial charge in [0.25, 0.3) is 0 Å². The highest BCUT2D eigenvalue weighted by Gasteiger charge is 2.11. The van der Waals surface area contributed by atoms with E-state index in [9.17, 15) is 4.39 Å². The summed E-state index contributed by atoms with van der Waals surface area (Å²) in [7, 11) is 0. The van der Waals surface area contributed by atoms with Crippen molar-refractivity contribution in [1.82, 2.24) is 0 Å². The molecule has 0 aliphatic rings. The predicted molar refractivity (Wildman–Crippen MR) is 75.6 cm³/mol. The molecular weight excluding hydrogens is 275 g/mol. The number of rotatable bonds is 5. The number of nitrogens with zero attached hydrogens (tertiary/aromatic N) is 1. The van der Waals surface area contributed by atoms with Crippen LogP contribution >= 0.6 is 0 Å². The fourth-order valence-corrected chi connectivity index (χ4v) is 1.80. The van der Waals surface area contributed by atoms with Crippen LogP contribution in [0.4, 0.5) is 4.39 Å². The second kappa shape index (κ2) is 6.71. The first-order chi connectivity index (χ1) is 10.2. The third-order valence-corrected chi connectivity index (χ3v) is 2.96. The SMILES string of the molecule is N/C(=N/O)c1cccc(COc2ccc(CO)cc2)c1F. The maximum Gasteiger partial charge on any atom is 0.173 e. The van der Waals surface area contributed by atoms with Gasteiger partial charge >= 0.3 is 0 Å². The van der Waals surface area contributed by atoms with Crippen LogP contribution in [-0.2, 0) is 13.2 Å². The molecule has 0 saturated heterocycles. The summed E-state index contributed by atoms with van der Waals surface area (Å²) in [6.07, 6.45) is 0. The van der Waals surface area contributed by atoms with Crippen LogP contribution in [0.3, 0.4) is 0 Å². The van der Waals surface area contributed by atoms with Crippen LogP contribution in [0.2, 0.25) is 0 Å². The first kappa shape index (κ1) is 14.8. The molecule has 0 bridgehead atoms. The van der Waals surface area contributed by atoms with Crippen molar-refractivity contribution in [3.05, 3.63) is 65.0 Å². The Hall–Kier alpha value is -2.60. The van der Waals surface area contributed by atoms with Crippen molar-refractivity contribution >= 4 is 5.84 Å². The Morgan fingerprint density at radius 1 is 1.19 bits per heavy atom. The Morgan fingerprint density at radius 2 is 1.90 bits per heavy atom. The lowest BCUT2D eigenvalue weighted by Gasteiger charge is -2.09. The normalized spacial score (nSPS) is 11.4. The quantitative estimate of drug-likeness (QED) is 0.340. The third-order valence-electron chi connectivity index (χ3n) is 2.96. The van der Waals surface area contributed by atoms with Crippen molar-refractivity contribution < 1.29 is 19.4 Å². The van der Waals surface area contributed by atoms with Gasteiger partial charge in [-0.05, 0) is 23.8 Å². The minimum atomic E-state index is -0.584. The van der Waals surface area contributed by atoms with Crippen LogP contribution in [-0.4, -0.2) is 16.1 Å². The van der Waals surface area contributed by atoms with E-state index in [2.05, 4.69) is 5.16 Å². The molecule has 0 aromatic heterocycles. The summed E-state index contributed by atoms with van der Waals surface area (Å²) < 4.78 is 19.6. The molecule has 5 nitrogen and oxygen atoms in total. The number of hydrogen-bond donors (Lipinski definition) is 3. The van der Waals surface area contributed by atoms with Gasteiger partial charge in [-0.25, -0.2) is 4.39 Å². The maximum absolute atomic E-state index is 14.1. The van der Waals surface area contributed by atoms with E-state index >= 15 is 0 Å².